The molecule has 65 heavy (non-hydrogen) atoms. The number of hydrogen-bond acceptors (Lipinski definition) is 7. The topological polar surface area (TPSA) is 79.2 Å². The summed E-state index contributed by atoms with van der Waals surface area (Å²) in [5.41, 5.74) is 10.9. The zero-order valence-corrected chi connectivity index (χ0v) is 40.3. The number of hydrogen-bond donors (Lipinski definition) is 0. The van der Waals surface area contributed by atoms with Gasteiger partial charge in [-0.15, -0.1) is 0 Å². The van der Waals surface area contributed by atoms with Crippen molar-refractivity contribution in [2.24, 2.45) is 11.8 Å². The summed E-state index contributed by atoms with van der Waals surface area (Å²) in [6.45, 7) is 15.6. The van der Waals surface area contributed by atoms with Gasteiger partial charge in [-0.1, -0.05) is 166 Å². The Hall–Kier alpha value is -5.40. The van der Waals surface area contributed by atoms with Gasteiger partial charge in [-0.3, -0.25) is 0 Å². The summed E-state index contributed by atoms with van der Waals surface area (Å²) >= 11 is 0. The predicted molar refractivity (Wildman–Crippen MR) is 269 cm³/mol. The third-order valence-corrected chi connectivity index (χ3v) is 12.6. The van der Waals surface area contributed by atoms with E-state index in [2.05, 4.69) is 126 Å². The minimum absolute atomic E-state index is 0.433. The van der Waals surface area contributed by atoms with Gasteiger partial charge in [0.25, 0.3) is 0 Å². The summed E-state index contributed by atoms with van der Waals surface area (Å²) in [5, 5.41) is 0. The van der Waals surface area contributed by atoms with E-state index < -0.39 is 0 Å². The maximum absolute atomic E-state index is 6.62. The molecule has 0 N–H and O–H groups in total. The van der Waals surface area contributed by atoms with Gasteiger partial charge in [0.2, 0.25) is 0 Å². The zero-order valence-electron chi connectivity index (χ0n) is 40.3. The van der Waals surface area contributed by atoms with Crippen molar-refractivity contribution in [2.45, 2.75) is 145 Å². The van der Waals surface area contributed by atoms with Crippen molar-refractivity contribution in [1.29, 1.82) is 0 Å². The van der Waals surface area contributed by atoms with Crippen molar-refractivity contribution >= 4 is 0 Å². The van der Waals surface area contributed by atoms with Gasteiger partial charge in [0.05, 0.1) is 26.4 Å². The Bertz CT molecular complexity index is 2110. The lowest BCUT2D eigenvalue weighted by Gasteiger charge is -2.17. The van der Waals surface area contributed by atoms with Crippen molar-refractivity contribution in [3.63, 3.8) is 0 Å². The van der Waals surface area contributed by atoms with E-state index in [0.717, 1.165) is 93.3 Å². The number of ether oxygens (including phenoxy) is 3. The smallest absolute Gasteiger partial charge is 0.159 e. The van der Waals surface area contributed by atoms with E-state index in [9.17, 15) is 0 Å². The first kappa shape index (κ1) is 49.0. The standard InChI is InChI=1S/C58H74N4O3/c1-7-11-13-15-17-19-45-35-59-57(60-36-45)49-25-21-47(22-26-49)55-33-53(64-39-43(5)9-3)31-29-51(55)41-63-42-52-30-32-54(65-40-44(6)10-4)34-56(52)48-23-27-50(28-24-48)58-61-37-46(38-62-58)20-18-16-14-12-8-2/h21-38,43-44H,7-20,39-42H2,1-6H3. The molecule has 0 amide bonds. The fourth-order valence-electron chi connectivity index (χ4n) is 7.79. The minimum atomic E-state index is 0.433. The number of benzene rings is 4. The second-order valence-electron chi connectivity index (χ2n) is 18.1. The minimum Gasteiger partial charge on any atom is -0.493 e. The monoisotopic (exact) mass is 875 g/mol. The Labute approximate surface area is 390 Å². The number of aryl methyl sites for hydroxylation is 2. The fourth-order valence-corrected chi connectivity index (χ4v) is 7.79. The van der Waals surface area contributed by atoms with Crippen molar-refractivity contribution < 1.29 is 14.2 Å². The summed E-state index contributed by atoms with van der Waals surface area (Å²) in [6, 6.07) is 29.9. The number of nitrogens with zero attached hydrogens (tertiary/aromatic N) is 4. The molecular weight excluding hydrogens is 801 g/mol. The summed E-state index contributed by atoms with van der Waals surface area (Å²) in [5.74, 6) is 4.15. The van der Waals surface area contributed by atoms with E-state index >= 15 is 0 Å². The molecule has 7 nitrogen and oxygen atoms in total. The fraction of sp³-hybridized carbons (Fsp3) is 0.448. The average molecular weight is 875 g/mol. The van der Waals surface area contributed by atoms with Crippen molar-refractivity contribution in [1.82, 2.24) is 19.9 Å². The maximum atomic E-state index is 6.62. The van der Waals surface area contributed by atoms with Crippen LogP contribution in [0.15, 0.2) is 110 Å². The third-order valence-electron chi connectivity index (χ3n) is 12.6. The van der Waals surface area contributed by atoms with E-state index in [4.69, 9.17) is 34.1 Å². The van der Waals surface area contributed by atoms with Crippen LogP contribution in [-0.4, -0.2) is 33.1 Å². The molecule has 0 bridgehead atoms. The normalized spacial score (nSPS) is 12.3. The molecule has 0 saturated heterocycles. The molecule has 0 fully saturated rings. The van der Waals surface area contributed by atoms with Crippen LogP contribution in [0.5, 0.6) is 11.5 Å². The molecule has 6 aromatic rings. The average Bonchev–Trinajstić information content (AvgIpc) is 3.35. The van der Waals surface area contributed by atoms with E-state index in [0.29, 0.717) is 38.3 Å². The first-order chi connectivity index (χ1) is 31.9. The van der Waals surface area contributed by atoms with Gasteiger partial charge in [-0.2, -0.15) is 0 Å². The Balaban J connectivity index is 1.18. The van der Waals surface area contributed by atoms with Crippen LogP contribution in [0.3, 0.4) is 0 Å². The first-order valence-corrected chi connectivity index (χ1v) is 24.8. The second-order valence-corrected chi connectivity index (χ2v) is 18.1. The molecule has 0 spiro atoms. The molecule has 0 aliphatic heterocycles. The van der Waals surface area contributed by atoms with Gasteiger partial charge < -0.3 is 14.2 Å². The van der Waals surface area contributed by atoms with Crippen LogP contribution in [0.2, 0.25) is 0 Å². The molecule has 2 atom stereocenters. The van der Waals surface area contributed by atoms with Gasteiger partial charge >= 0.3 is 0 Å². The van der Waals surface area contributed by atoms with Crippen LogP contribution in [0.1, 0.15) is 141 Å². The lowest BCUT2D eigenvalue weighted by atomic mass is 9.97. The van der Waals surface area contributed by atoms with Crippen LogP contribution in [0.25, 0.3) is 45.0 Å². The molecule has 2 unspecified atom stereocenters. The van der Waals surface area contributed by atoms with Gasteiger partial charge in [0, 0.05) is 35.9 Å². The number of aromatic nitrogens is 4. The van der Waals surface area contributed by atoms with Crippen molar-refractivity contribution in [2.75, 3.05) is 13.2 Å². The van der Waals surface area contributed by atoms with Crippen LogP contribution in [0.4, 0.5) is 0 Å². The molecule has 4 aromatic carbocycles. The SMILES string of the molecule is CCCCCCCc1cnc(-c2ccc(-c3cc(OCC(C)CC)ccc3COCc3ccc(OCC(C)CC)cc3-c3ccc(-c4ncc(CCCCCCC)cn4)cc3)cc2)nc1. The van der Waals surface area contributed by atoms with Gasteiger partial charge in [-0.25, -0.2) is 19.9 Å². The molecule has 0 radical (unpaired) electrons. The van der Waals surface area contributed by atoms with Gasteiger partial charge in [0.1, 0.15) is 11.5 Å². The van der Waals surface area contributed by atoms with E-state index in [-0.39, 0.29) is 0 Å². The summed E-state index contributed by atoms with van der Waals surface area (Å²) in [6.07, 6.45) is 24.8. The van der Waals surface area contributed by atoms with E-state index in [1.807, 2.05) is 24.8 Å². The summed E-state index contributed by atoms with van der Waals surface area (Å²) in [7, 11) is 0. The lowest BCUT2D eigenvalue weighted by molar-refractivity contribution is 0.107. The van der Waals surface area contributed by atoms with Gasteiger partial charge in [0.15, 0.2) is 11.6 Å². The van der Waals surface area contributed by atoms with Crippen LogP contribution >= 0.6 is 0 Å². The molecule has 344 valence electrons. The lowest BCUT2D eigenvalue weighted by Crippen LogP contribution is -2.08. The molecule has 2 heterocycles. The highest BCUT2D eigenvalue weighted by atomic mass is 16.5. The summed E-state index contributed by atoms with van der Waals surface area (Å²) in [4.78, 5) is 19.0. The number of unbranched alkanes of at least 4 members (excludes halogenated alkanes) is 8. The van der Waals surface area contributed by atoms with Crippen LogP contribution in [0, 0.1) is 11.8 Å². The molecule has 0 aliphatic rings. The third kappa shape index (κ3) is 15.3. The molecule has 0 saturated carbocycles. The van der Waals surface area contributed by atoms with E-state index in [1.54, 1.807) is 0 Å². The van der Waals surface area contributed by atoms with Crippen molar-refractivity contribution in [3.8, 4) is 56.5 Å². The quantitative estimate of drug-likeness (QED) is 0.0454. The Morgan fingerprint density at radius 2 is 0.800 bits per heavy atom. The Morgan fingerprint density at radius 3 is 1.17 bits per heavy atom. The van der Waals surface area contributed by atoms with Crippen molar-refractivity contribution in [3.05, 3.63) is 132 Å². The first-order valence-electron chi connectivity index (χ1n) is 24.8. The molecule has 2 aromatic heterocycles. The molecule has 0 aliphatic carbocycles. The van der Waals surface area contributed by atoms with E-state index in [1.165, 1.54) is 75.3 Å². The highest BCUT2D eigenvalue weighted by molar-refractivity contribution is 5.73. The maximum Gasteiger partial charge on any atom is 0.159 e. The predicted octanol–water partition coefficient (Wildman–Crippen LogP) is 15.5. The summed E-state index contributed by atoms with van der Waals surface area (Å²) < 4.78 is 19.2. The molecule has 6 rings (SSSR count). The second kappa shape index (κ2) is 26.5. The Morgan fingerprint density at radius 1 is 0.431 bits per heavy atom. The van der Waals surface area contributed by atoms with Crippen LogP contribution < -0.4 is 9.47 Å². The largest absolute Gasteiger partial charge is 0.493 e. The highest BCUT2D eigenvalue weighted by Gasteiger charge is 2.14. The van der Waals surface area contributed by atoms with Gasteiger partial charge in [-0.05, 0) is 106 Å². The number of rotatable bonds is 28. The highest BCUT2D eigenvalue weighted by Crippen LogP contribution is 2.34. The molecular formula is C58H74N4O3. The Kier molecular flexibility index (Phi) is 20.0. The van der Waals surface area contributed by atoms with Crippen LogP contribution in [-0.2, 0) is 30.8 Å². The molecule has 7 heteroatoms. The zero-order chi connectivity index (χ0) is 45.6.